The molecule has 72 valence electrons. The maximum Gasteiger partial charge on any atom is 0.120 e. The van der Waals surface area contributed by atoms with Gasteiger partial charge in [-0.15, -0.1) is 0 Å². The predicted octanol–water partition coefficient (Wildman–Crippen LogP) is 3.07. The zero-order valence-electron chi connectivity index (χ0n) is 8.15. The lowest BCUT2D eigenvalue weighted by Gasteiger charge is -2.11. The molecular formula is C13H14O. The number of benzene rings is 1. The van der Waals surface area contributed by atoms with E-state index in [9.17, 15) is 4.79 Å². The number of carbonyl (C=O) groups excluding carboxylic acids is 1. The Kier molecular flexibility index (Phi) is 2.78. The number of aldehydes is 1. The molecule has 0 radical (unpaired) electrons. The van der Waals surface area contributed by atoms with Crippen molar-refractivity contribution in [3.05, 3.63) is 42.0 Å². The van der Waals surface area contributed by atoms with Gasteiger partial charge >= 0.3 is 0 Å². The molecule has 1 nitrogen and oxygen atoms in total. The van der Waals surface area contributed by atoms with Crippen LogP contribution >= 0.6 is 0 Å². The average Bonchev–Trinajstić information content (AvgIpc) is 2.68. The summed E-state index contributed by atoms with van der Waals surface area (Å²) in [5, 5.41) is 0. The lowest BCUT2D eigenvalue weighted by molar-refractivity contribution is -0.108. The lowest BCUT2D eigenvalue weighted by atomic mass is 9.93. The van der Waals surface area contributed by atoms with Crippen LogP contribution in [0, 0.1) is 5.92 Å². The van der Waals surface area contributed by atoms with Gasteiger partial charge in [0.25, 0.3) is 0 Å². The van der Waals surface area contributed by atoms with Gasteiger partial charge in [-0.25, -0.2) is 0 Å². The Labute approximate surface area is 84.5 Å². The molecule has 0 saturated carbocycles. The van der Waals surface area contributed by atoms with Crippen molar-refractivity contribution in [2.75, 3.05) is 0 Å². The molecule has 0 amide bonds. The Morgan fingerprint density at radius 1 is 1.29 bits per heavy atom. The third kappa shape index (κ3) is 1.77. The summed E-state index contributed by atoms with van der Waals surface area (Å²) >= 11 is 0. The van der Waals surface area contributed by atoms with Crippen LogP contribution in [0.5, 0.6) is 0 Å². The average molecular weight is 186 g/mol. The minimum absolute atomic E-state index is 0.454. The first kappa shape index (κ1) is 9.20. The Bertz CT molecular complexity index is 338. The normalized spacial score (nSPS) is 20.6. The number of hydrogen-bond acceptors (Lipinski definition) is 1. The summed E-state index contributed by atoms with van der Waals surface area (Å²) in [6.07, 6.45) is 6.21. The molecule has 1 atom stereocenters. The molecule has 0 saturated heterocycles. The zero-order valence-corrected chi connectivity index (χ0v) is 8.15. The highest BCUT2D eigenvalue weighted by molar-refractivity contribution is 5.71. The molecule has 1 aliphatic carbocycles. The third-order valence-corrected chi connectivity index (χ3v) is 2.81. The fourth-order valence-electron chi connectivity index (χ4n) is 2.11. The highest BCUT2D eigenvalue weighted by Gasteiger charge is 2.19. The smallest absolute Gasteiger partial charge is 0.120 e. The minimum Gasteiger partial charge on any atom is -0.303 e. The minimum atomic E-state index is 0.454. The predicted molar refractivity (Wildman–Crippen MR) is 57.8 cm³/mol. The molecular weight excluding hydrogens is 172 g/mol. The van der Waals surface area contributed by atoms with E-state index in [0.29, 0.717) is 12.3 Å². The first-order valence-corrected chi connectivity index (χ1v) is 5.11. The van der Waals surface area contributed by atoms with E-state index in [2.05, 4.69) is 18.2 Å². The summed E-state index contributed by atoms with van der Waals surface area (Å²) in [5.41, 5.74) is 2.63. The molecule has 1 unspecified atom stereocenters. The summed E-state index contributed by atoms with van der Waals surface area (Å²) in [7, 11) is 0. The number of rotatable bonds is 3. The zero-order chi connectivity index (χ0) is 9.80. The van der Waals surface area contributed by atoms with Crippen molar-refractivity contribution in [2.24, 2.45) is 5.92 Å². The molecule has 14 heavy (non-hydrogen) atoms. The Balaban J connectivity index is 2.22. The molecule has 0 heterocycles. The van der Waals surface area contributed by atoms with Gasteiger partial charge < -0.3 is 4.79 Å². The van der Waals surface area contributed by atoms with Crippen LogP contribution in [0.4, 0.5) is 0 Å². The largest absolute Gasteiger partial charge is 0.303 e. The summed E-state index contributed by atoms with van der Waals surface area (Å²) < 4.78 is 0. The van der Waals surface area contributed by atoms with Gasteiger partial charge in [0.05, 0.1) is 0 Å². The maximum absolute atomic E-state index is 10.5. The first-order chi connectivity index (χ1) is 6.92. The number of allylic oxidation sites excluding steroid dienone is 2. The second-order valence-electron chi connectivity index (χ2n) is 3.70. The van der Waals surface area contributed by atoms with Crippen molar-refractivity contribution in [1.82, 2.24) is 0 Å². The van der Waals surface area contributed by atoms with Crippen LogP contribution in [-0.2, 0) is 4.79 Å². The molecule has 1 aliphatic rings. The SMILES string of the molecule is O=CCC1CCC=C1c1ccccc1. The van der Waals surface area contributed by atoms with E-state index < -0.39 is 0 Å². The second-order valence-corrected chi connectivity index (χ2v) is 3.70. The van der Waals surface area contributed by atoms with Crippen LogP contribution < -0.4 is 0 Å². The molecule has 1 aromatic carbocycles. The van der Waals surface area contributed by atoms with Crippen LogP contribution in [0.25, 0.3) is 5.57 Å². The lowest BCUT2D eigenvalue weighted by Crippen LogP contribution is -1.99. The van der Waals surface area contributed by atoms with Gasteiger partial charge in [0.1, 0.15) is 6.29 Å². The van der Waals surface area contributed by atoms with E-state index in [1.54, 1.807) is 0 Å². The Morgan fingerprint density at radius 2 is 2.07 bits per heavy atom. The molecule has 0 N–H and O–H groups in total. The Morgan fingerprint density at radius 3 is 2.79 bits per heavy atom. The van der Waals surface area contributed by atoms with Crippen LogP contribution in [0.1, 0.15) is 24.8 Å². The quantitative estimate of drug-likeness (QED) is 0.663. The van der Waals surface area contributed by atoms with Gasteiger partial charge in [-0.1, -0.05) is 36.4 Å². The Hall–Kier alpha value is -1.37. The van der Waals surface area contributed by atoms with Crippen molar-refractivity contribution in [3.8, 4) is 0 Å². The standard InChI is InChI=1S/C13H14O/c14-10-9-12-7-4-8-13(12)11-5-2-1-3-6-11/h1-3,5-6,8,10,12H,4,7,9H2. The fourth-order valence-corrected chi connectivity index (χ4v) is 2.11. The molecule has 2 rings (SSSR count). The van der Waals surface area contributed by atoms with E-state index in [-0.39, 0.29) is 0 Å². The van der Waals surface area contributed by atoms with Crippen molar-refractivity contribution in [3.63, 3.8) is 0 Å². The highest BCUT2D eigenvalue weighted by Crippen LogP contribution is 2.35. The van der Waals surface area contributed by atoms with Crippen molar-refractivity contribution >= 4 is 11.9 Å². The monoisotopic (exact) mass is 186 g/mol. The summed E-state index contributed by atoms with van der Waals surface area (Å²) in [5.74, 6) is 0.454. The van der Waals surface area contributed by atoms with Crippen molar-refractivity contribution in [1.29, 1.82) is 0 Å². The van der Waals surface area contributed by atoms with Crippen LogP contribution in [-0.4, -0.2) is 6.29 Å². The van der Waals surface area contributed by atoms with E-state index in [1.165, 1.54) is 11.1 Å². The summed E-state index contributed by atoms with van der Waals surface area (Å²) in [4.78, 5) is 10.5. The van der Waals surface area contributed by atoms with Crippen LogP contribution in [0.3, 0.4) is 0 Å². The molecule has 0 aliphatic heterocycles. The van der Waals surface area contributed by atoms with Gasteiger partial charge in [-0.05, 0) is 29.9 Å². The van der Waals surface area contributed by atoms with Crippen LogP contribution in [0.15, 0.2) is 36.4 Å². The molecule has 1 heteroatoms. The fraction of sp³-hybridized carbons (Fsp3) is 0.308. The highest BCUT2D eigenvalue weighted by atomic mass is 16.1. The van der Waals surface area contributed by atoms with E-state index in [1.807, 2.05) is 18.2 Å². The molecule has 0 fully saturated rings. The van der Waals surface area contributed by atoms with E-state index >= 15 is 0 Å². The molecule has 0 aromatic heterocycles. The van der Waals surface area contributed by atoms with Gasteiger partial charge in [0.15, 0.2) is 0 Å². The number of hydrogen-bond donors (Lipinski definition) is 0. The summed E-state index contributed by atoms with van der Waals surface area (Å²) in [6.45, 7) is 0. The first-order valence-electron chi connectivity index (χ1n) is 5.11. The summed E-state index contributed by atoms with van der Waals surface area (Å²) in [6, 6.07) is 10.4. The second kappa shape index (κ2) is 4.23. The van der Waals surface area contributed by atoms with Crippen molar-refractivity contribution < 1.29 is 4.79 Å². The third-order valence-electron chi connectivity index (χ3n) is 2.81. The van der Waals surface area contributed by atoms with Crippen molar-refractivity contribution in [2.45, 2.75) is 19.3 Å². The van der Waals surface area contributed by atoms with Gasteiger partial charge in [-0.3, -0.25) is 0 Å². The van der Waals surface area contributed by atoms with Crippen LogP contribution in [0.2, 0.25) is 0 Å². The number of carbonyl (C=O) groups is 1. The molecule has 1 aromatic rings. The maximum atomic E-state index is 10.5. The van der Waals surface area contributed by atoms with E-state index in [0.717, 1.165) is 19.1 Å². The van der Waals surface area contributed by atoms with Gasteiger partial charge in [0.2, 0.25) is 0 Å². The van der Waals surface area contributed by atoms with Gasteiger partial charge in [0, 0.05) is 6.42 Å². The van der Waals surface area contributed by atoms with Gasteiger partial charge in [-0.2, -0.15) is 0 Å². The molecule has 0 bridgehead atoms. The van der Waals surface area contributed by atoms with E-state index in [4.69, 9.17) is 0 Å². The topological polar surface area (TPSA) is 17.1 Å². The molecule has 0 spiro atoms.